The maximum atomic E-state index is 12.9. The van der Waals surface area contributed by atoms with Crippen molar-refractivity contribution in [2.75, 3.05) is 7.11 Å². The van der Waals surface area contributed by atoms with Gasteiger partial charge < -0.3 is 14.2 Å². The van der Waals surface area contributed by atoms with Crippen LogP contribution in [0.15, 0.2) is 40.0 Å². The number of imidazole rings is 1. The van der Waals surface area contributed by atoms with Gasteiger partial charge in [0.05, 0.1) is 53.4 Å². The van der Waals surface area contributed by atoms with Crippen molar-refractivity contribution >= 4 is 21.9 Å². The molecule has 0 aliphatic heterocycles. The van der Waals surface area contributed by atoms with Crippen LogP contribution < -0.4 is 10.4 Å². The molecular weight excluding hydrogens is 396 g/mol. The smallest absolute Gasteiger partial charge is 0.327 e. The van der Waals surface area contributed by atoms with Crippen molar-refractivity contribution in [3.05, 3.63) is 58.2 Å². The molecule has 5 rings (SSSR count). The number of aromatic amines is 1. The summed E-state index contributed by atoms with van der Waals surface area (Å²) in [6.07, 6.45) is 5.38. The summed E-state index contributed by atoms with van der Waals surface area (Å²) in [6.45, 7) is 5.74. The molecule has 0 bridgehead atoms. The normalized spacial score (nSPS) is 12.7. The zero-order chi connectivity index (χ0) is 21.9. The third-order valence-electron chi connectivity index (χ3n) is 5.76. The van der Waals surface area contributed by atoms with Gasteiger partial charge in [-0.05, 0) is 32.9 Å². The molecule has 31 heavy (non-hydrogen) atoms. The summed E-state index contributed by atoms with van der Waals surface area (Å²) in [6, 6.07) is 3.66. The molecule has 0 saturated carbocycles. The second-order valence-electron chi connectivity index (χ2n) is 7.71. The van der Waals surface area contributed by atoms with E-state index in [9.17, 15) is 4.79 Å². The van der Waals surface area contributed by atoms with E-state index in [4.69, 9.17) is 9.26 Å². The molecule has 0 aliphatic rings. The second-order valence-corrected chi connectivity index (χ2v) is 7.71. The van der Waals surface area contributed by atoms with E-state index in [1.165, 1.54) is 0 Å². The van der Waals surface area contributed by atoms with Gasteiger partial charge in [0, 0.05) is 29.8 Å². The highest BCUT2D eigenvalue weighted by atomic mass is 16.5. The van der Waals surface area contributed by atoms with E-state index >= 15 is 0 Å². The number of methoxy groups -OCH3 is 1. The Balaban J connectivity index is 1.82. The minimum Gasteiger partial charge on any atom is -0.496 e. The lowest BCUT2D eigenvalue weighted by molar-refractivity contribution is 0.393. The Labute approximate surface area is 177 Å². The van der Waals surface area contributed by atoms with E-state index in [0.717, 1.165) is 38.8 Å². The van der Waals surface area contributed by atoms with E-state index in [2.05, 4.69) is 20.2 Å². The summed E-state index contributed by atoms with van der Waals surface area (Å²) >= 11 is 0. The maximum Gasteiger partial charge on any atom is 0.327 e. The van der Waals surface area contributed by atoms with E-state index in [1.54, 1.807) is 28.8 Å². The molecule has 0 fully saturated rings. The second kappa shape index (κ2) is 6.83. The van der Waals surface area contributed by atoms with Gasteiger partial charge in [-0.3, -0.25) is 14.2 Å². The number of hydrogen-bond acceptors (Lipinski definition) is 6. The van der Waals surface area contributed by atoms with Crippen LogP contribution in [0.3, 0.4) is 0 Å². The van der Waals surface area contributed by atoms with Gasteiger partial charge in [0.1, 0.15) is 11.5 Å². The molecule has 0 radical (unpaired) electrons. The molecular formula is C22H22N6O3. The van der Waals surface area contributed by atoms with Crippen molar-refractivity contribution < 1.29 is 9.26 Å². The topological polar surface area (TPSA) is 104 Å². The van der Waals surface area contributed by atoms with Crippen molar-refractivity contribution in [2.45, 2.75) is 26.8 Å². The summed E-state index contributed by atoms with van der Waals surface area (Å²) in [5, 5.41) is 9.13. The molecule has 1 aromatic carbocycles. The van der Waals surface area contributed by atoms with E-state index in [1.807, 2.05) is 46.1 Å². The highest BCUT2D eigenvalue weighted by Gasteiger charge is 2.22. The number of ether oxygens (including phenoxy) is 1. The molecule has 0 spiro atoms. The SMILES string of the molecule is COc1cc2c(cc1-c1c(C)noc1C)ncc1[nH]c(=O)n(C(C)c3cnn(C)c3)c12. The number of nitrogens with zero attached hydrogens (tertiary/aromatic N) is 5. The van der Waals surface area contributed by atoms with Gasteiger partial charge in [-0.25, -0.2) is 4.79 Å². The first-order valence-electron chi connectivity index (χ1n) is 9.91. The minimum atomic E-state index is -0.214. The van der Waals surface area contributed by atoms with Gasteiger partial charge in [0.25, 0.3) is 0 Å². The van der Waals surface area contributed by atoms with Crippen LogP contribution in [-0.2, 0) is 7.05 Å². The quantitative estimate of drug-likeness (QED) is 0.479. The van der Waals surface area contributed by atoms with E-state index in [-0.39, 0.29) is 11.7 Å². The van der Waals surface area contributed by atoms with Gasteiger partial charge in [0.15, 0.2) is 0 Å². The maximum absolute atomic E-state index is 12.9. The zero-order valence-electron chi connectivity index (χ0n) is 17.9. The van der Waals surface area contributed by atoms with E-state index < -0.39 is 0 Å². The molecule has 1 N–H and O–H groups in total. The Kier molecular flexibility index (Phi) is 4.21. The van der Waals surface area contributed by atoms with Crippen molar-refractivity contribution in [2.24, 2.45) is 7.05 Å². The predicted molar refractivity (Wildman–Crippen MR) is 116 cm³/mol. The van der Waals surface area contributed by atoms with Crippen LogP contribution in [0.2, 0.25) is 0 Å². The van der Waals surface area contributed by atoms with Gasteiger partial charge in [0.2, 0.25) is 0 Å². The fourth-order valence-electron chi connectivity index (χ4n) is 4.24. The minimum absolute atomic E-state index is 0.200. The van der Waals surface area contributed by atoms with Crippen LogP contribution in [0, 0.1) is 13.8 Å². The Morgan fingerprint density at radius 1 is 1.23 bits per heavy atom. The van der Waals surface area contributed by atoms with Crippen LogP contribution in [0.5, 0.6) is 5.75 Å². The van der Waals surface area contributed by atoms with Crippen molar-refractivity contribution in [1.29, 1.82) is 0 Å². The van der Waals surface area contributed by atoms with Gasteiger partial charge in [-0.15, -0.1) is 0 Å². The molecule has 0 aliphatic carbocycles. The standard InChI is InChI=1S/C22H22N6O3/c1-11-20(13(3)31-26-11)16-6-17-15(7-19(16)30-5)21-18(9-23-17)25-22(29)28(21)12(2)14-8-24-27(4)10-14/h6-10,12H,1-5H3,(H,25,29). The molecule has 158 valence electrons. The number of aryl methyl sites for hydroxylation is 3. The molecule has 1 unspecified atom stereocenters. The Morgan fingerprint density at radius 2 is 2.03 bits per heavy atom. The number of aromatic nitrogens is 6. The third-order valence-corrected chi connectivity index (χ3v) is 5.76. The number of fused-ring (bicyclic) bond motifs is 3. The largest absolute Gasteiger partial charge is 0.496 e. The highest BCUT2D eigenvalue weighted by Crippen LogP contribution is 2.39. The van der Waals surface area contributed by atoms with Crippen LogP contribution >= 0.6 is 0 Å². The molecule has 5 aromatic rings. The molecule has 0 saturated heterocycles. The molecule has 9 nitrogen and oxygen atoms in total. The molecule has 1 atom stereocenters. The van der Waals surface area contributed by atoms with Crippen LogP contribution in [0.25, 0.3) is 33.1 Å². The monoisotopic (exact) mass is 418 g/mol. The number of hydrogen-bond donors (Lipinski definition) is 1. The van der Waals surface area contributed by atoms with Crippen LogP contribution in [0.1, 0.15) is 30.0 Å². The molecule has 4 heterocycles. The first-order valence-corrected chi connectivity index (χ1v) is 9.91. The summed E-state index contributed by atoms with van der Waals surface area (Å²) < 4.78 is 14.5. The lowest BCUT2D eigenvalue weighted by atomic mass is 10.00. The molecule has 0 amide bonds. The average Bonchev–Trinajstić information content (AvgIpc) is 3.43. The first kappa shape index (κ1) is 19.1. The highest BCUT2D eigenvalue weighted by molar-refractivity contribution is 6.04. The molecule has 4 aromatic heterocycles. The number of H-pyrrole nitrogens is 1. The van der Waals surface area contributed by atoms with Crippen molar-refractivity contribution in [3.8, 4) is 16.9 Å². The Bertz CT molecular complexity index is 1480. The summed E-state index contributed by atoms with van der Waals surface area (Å²) in [5.74, 6) is 1.37. The number of benzene rings is 1. The Hall–Kier alpha value is -3.88. The summed E-state index contributed by atoms with van der Waals surface area (Å²) in [4.78, 5) is 20.4. The lowest BCUT2D eigenvalue weighted by Gasteiger charge is -2.14. The van der Waals surface area contributed by atoms with Crippen molar-refractivity contribution in [1.82, 2.24) is 29.5 Å². The lowest BCUT2D eigenvalue weighted by Crippen LogP contribution is -2.21. The molecule has 9 heteroatoms. The van der Waals surface area contributed by atoms with Crippen LogP contribution in [0.4, 0.5) is 0 Å². The first-order chi connectivity index (χ1) is 14.9. The number of pyridine rings is 1. The van der Waals surface area contributed by atoms with Gasteiger partial charge in [-0.2, -0.15) is 5.10 Å². The summed E-state index contributed by atoms with van der Waals surface area (Å²) in [7, 11) is 3.48. The van der Waals surface area contributed by atoms with Crippen LogP contribution in [-0.4, -0.2) is 36.6 Å². The van der Waals surface area contributed by atoms with Gasteiger partial charge >= 0.3 is 5.69 Å². The summed E-state index contributed by atoms with van der Waals surface area (Å²) in [5.41, 5.74) is 5.44. The van der Waals surface area contributed by atoms with Crippen molar-refractivity contribution in [3.63, 3.8) is 0 Å². The van der Waals surface area contributed by atoms with E-state index in [0.29, 0.717) is 17.0 Å². The van der Waals surface area contributed by atoms with Gasteiger partial charge in [-0.1, -0.05) is 5.16 Å². The number of rotatable bonds is 4. The third kappa shape index (κ3) is 2.84. The zero-order valence-corrected chi connectivity index (χ0v) is 17.9. The fourth-order valence-corrected chi connectivity index (χ4v) is 4.24. The number of nitrogens with one attached hydrogen (secondary N) is 1. The average molecular weight is 418 g/mol. The fraction of sp³-hybridized carbons (Fsp3) is 0.273. The predicted octanol–water partition coefficient (Wildman–Crippen LogP) is 3.50. The Morgan fingerprint density at radius 3 is 2.68 bits per heavy atom.